The van der Waals surface area contributed by atoms with Gasteiger partial charge in [0.1, 0.15) is 16.9 Å². The van der Waals surface area contributed by atoms with Crippen molar-refractivity contribution in [1.82, 2.24) is 0 Å². The van der Waals surface area contributed by atoms with Crippen LogP contribution in [-0.4, -0.2) is 30.8 Å². The Kier molecular flexibility index (Phi) is 6.88. The number of nitro benzene ring substituents is 1. The SMILES string of the molecule is COc1ccc(C[S+]([O-])C=Cc2cc(OC)c(OC)cc2[N+](=O)[O-])cc1. The van der Waals surface area contributed by atoms with Crippen molar-refractivity contribution in [3.8, 4) is 17.2 Å². The lowest BCUT2D eigenvalue weighted by Gasteiger charge is -2.09. The first-order chi connectivity index (χ1) is 12.5. The quantitative estimate of drug-likeness (QED) is 0.397. The maximum Gasteiger partial charge on any atom is 0.280 e. The van der Waals surface area contributed by atoms with Crippen molar-refractivity contribution >= 4 is 22.9 Å². The van der Waals surface area contributed by atoms with Gasteiger partial charge >= 0.3 is 0 Å². The summed E-state index contributed by atoms with van der Waals surface area (Å²) in [7, 11) is 4.42. The maximum atomic E-state index is 12.3. The highest BCUT2D eigenvalue weighted by molar-refractivity contribution is 7.93. The van der Waals surface area contributed by atoms with Crippen LogP contribution in [0.15, 0.2) is 41.8 Å². The molecule has 0 aliphatic carbocycles. The molecule has 0 aromatic heterocycles. The lowest BCUT2D eigenvalue weighted by molar-refractivity contribution is -0.385. The Balaban J connectivity index is 2.20. The van der Waals surface area contributed by atoms with Crippen LogP contribution in [0, 0.1) is 10.1 Å². The highest BCUT2D eigenvalue weighted by Crippen LogP contribution is 2.35. The first kappa shape index (κ1) is 19.6. The predicted octanol–water partition coefficient (Wildman–Crippen LogP) is 3.54. The number of nitro groups is 1. The third kappa shape index (κ3) is 4.90. The Morgan fingerprint density at radius 2 is 1.65 bits per heavy atom. The fourth-order valence-corrected chi connectivity index (χ4v) is 3.17. The molecule has 0 spiro atoms. The molecule has 0 heterocycles. The highest BCUT2D eigenvalue weighted by Gasteiger charge is 2.18. The third-order valence-electron chi connectivity index (χ3n) is 3.60. The van der Waals surface area contributed by atoms with Crippen molar-refractivity contribution in [2.24, 2.45) is 0 Å². The normalized spacial score (nSPS) is 12.0. The molecule has 0 N–H and O–H groups in total. The number of hydrogen-bond donors (Lipinski definition) is 0. The van der Waals surface area contributed by atoms with Crippen molar-refractivity contribution in [2.75, 3.05) is 21.3 Å². The molecule has 0 saturated carbocycles. The molecule has 2 aromatic rings. The largest absolute Gasteiger partial charge is 0.612 e. The lowest BCUT2D eigenvalue weighted by atomic mass is 10.1. The maximum absolute atomic E-state index is 12.3. The van der Waals surface area contributed by atoms with Gasteiger partial charge in [-0.15, -0.1) is 0 Å². The Hall–Kier alpha value is -2.71. The summed E-state index contributed by atoms with van der Waals surface area (Å²) in [6.45, 7) is 0. The van der Waals surface area contributed by atoms with Crippen LogP contribution in [0.4, 0.5) is 5.69 Å². The minimum atomic E-state index is -1.33. The molecule has 0 saturated heterocycles. The van der Waals surface area contributed by atoms with Gasteiger partial charge in [-0.1, -0.05) is 12.1 Å². The van der Waals surface area contributed by atoms with Gasteiger partial charge in [0.2, 0.25) is 0 Å². The molecule has 26 heavy (non-hydrogen) atoms. The van der Waals surface area contributed by atoms with Crippen molar-refractivity contribution in [3.05, 3.63) is 63.0 Å². The molecule has 2 rings (SSSR count). The van der Waals surface area contributed by atoms with Crippen LogP contribution >= 0.6 is 0 Å². The molecule has 1 unspecified atom stereocenters. The van der Waals surface area contributed by atoms with Gasteiger partial charge in [-0.05, 0) is 35.5 Å². The van der Waals surface area contributed by atoms with Crippen molar-refractivity contribution in [1.29, 1.82) is 0 Å². The molecule has 0 aliphatic rings. The molecule has 8 heteroatoms. The van der Waals surface area contributed by atoms with Crippen LogP contribution in [0.3, 0.4) is 0 Å². The molecule has 0 radical (unpaired) electrons. The zero-order valence-corrected chi connectivity index (χ0v) is 15.4. The third-order valence-corrected chi connectivity index (χ3v) is 4.65. The van der Waals surface area contributed by atoms with E-state index in [-0.39, 0.29) is 17.0 Å². The van der Waals surface area contributed by atoms with Crippen LogP contribution in [0.25, 0.3) is 6.08 Å². The number of rotatable bonds is 8. The fraction of sp³-hybridized carbons (Fsp3) is 0.222. The summed E-state index contributed by atoms with van der Waals surface area (Å²) >= 11 is -1.33. The summed E-state index contributed by atoms with van der Waals surface area (Å²) in [5, 5.41) is 12.7. The van der Waals surface area contributed by atoms with Crippen molar-refractivity contribution in [3.63, 3.8) is 0 Å². The summed E-state index contributed by atoms with van der Waals surface area (Å²) < 4.78 is 27.6. The van der Waals surface area contributed by atoms with Gasteiger partial charge in [0, 0.05) is 5.56 Å². The van der Waals surface area contributed by atoms with E-state index in [0.717, 1.165) is 11.3 Å². The minimum absolute atomic E-state index is 0.152. The number of hydrogen-bond acceptors (Lipinski definition) is 6. The summed E-state index contributed by atoms with van der Waals surface area (Å²) in [5.74, 6) is 1.63. The summed E-state index contributed by atoms with van der Waals surface area (Å²) in [4.78, 5) is 10.8. The molecule has 0 amide bonds. The van der Waals surface area contributed by atoms with Crippen molar-refractivity contribution < 1.29 is 23.7 Å². The Bertz CT molecular complexity index is 791. The molecule has 0 bridgehead atoms. The molecular formula is C18H19NO6S. The first-order valence-electron chi connectivity index (χ1n) is 7.57. The topological polar surface area (TPSA) is 93.9 Å². The Labute approximate surface area is 154 Å². The molecular weight excluding hydrogens is 358 g/mol. The zero-order chi connectivity index (χ0) is 19.1. The smallest absolute Gasteiger partial charge is 0.280 e. The minimum Gasteiger partial charge on any atom is -0.612 e. The van der Waals surface area contributed by atoms with E-state index in [9.17, 15) is 14.7 Å². The van der Waals surface area contributed by atoms with E-state index in [4.69, 9.17) is 14.2 Å². The van der Waals surface area contributed by atoms with Gasteiger partial charge in [-0.2, -0.15) is 0 Å². The summed E-state index contributed by atoms with van der Waals surface area (Å²) in [6.07, 6.45) is 1.46. The van der Waals surface area contributed by atoms with Crippen LogP contribution in [0.1, 0.15) is 11.1 Å². The van der Waals surface area contributed by atoms with Gasteiger partial charge in [0.05, 0.1) is 37.9 Å². The number of nitrogens with zero attached hydrogens (tertiary/aromatic N) is 1. The van der Waals surface area contributed by atoms with E-state index in [0.29, 0.717) is 11.5 Å². The molecule has 138 valence electrons. The number of methoxy groups -OCH3 is 3. The van der Waals surface area contributed by atoms with Crippen LogP contribution < -0.4 is 14.2 Å². The summed E-state index contributed by atoms with van der Waals surface area (Å²) in [6, 6.07) is 9.99. The molecule has 7 nitrogen and oxygen atoms in total. The van der Waals surface area contributed by atoms with Gasteiger partial charge in [0.25, 0.3) is 5.69 Å². The molecule has 2 aromatic carbocycles. The molecule has 0 aliphatic heterocycles. The lowest BCUT2D eigenvalue weighted by Crippen LogP contribution is -2.01. The van der Waals surface area contributed by atoms with E-state index in [1.807, 2.05) is 12.1 Å². The molecule has 1 atom stereocenters. The van der Waals surface area contributed by atoms with Crippen LogP contribution in [0.2, 0.25) is 0 Å². The first-order valence-corrected chi connectivity index (χ1v) is 8.95. The monoisotopic (exact) mass is 377 g/mol. The fourth-order valence-electron chi connectivity index (χ4n) is 2.26. The highest BCUT2D eigenvalue weighted by atomic mass is 32.2. The van der Waals surface area contributed by atoms with Crippen LogP contribution in [-0.2, 0) is 16.9 Å². The average Bonchev–Trinajstić information content (AvgIpc) is 2.66. The van der Waals surface area contributed by atoms with E-state index in [1.54, 1.807) is 19.2 Å². The second-order valence-corrected chi connectivity index (χ2v) is 6.52. The Morgan fingerprint density at radius 3 is 2.19 bits per heavy atom. The average molecular weight is 377 g/mol. The molecule has 0 fully saturated rings. The number of benzene rings is 2. The van der Waals surface area contributed by atoms with Gasteiger partial charge in [-0.3, -0.25) is 10.1 Å². The van der Waals surface area contributed by atoms with Gasteiger partial charge in [0.15, 0.2) is 11.5 Å². The summed E-state index contributed by atoms with van der Waals surface area (Å²) in [5.41, 5.74) is 1.01. The second-order valence-electron chi connectivity index (χ2n) is 5.20. The second kappa shape index (κ2) is 9.12. The van der Waals surface area contributed by atoms with Crippen LogP contribution in [0.5, 0.6) is 17.2 Å². The van der Waals surface area contributed by atoms with Crippen molar-refractivity contribution in [2.45, 2.75) is 5.75 Å². The predicted molar refractivity (Wildman–Crippen MR) is 100 cm³/mol. The van der Waals surface area contributed by atoms with E-state index < -0.39 is 16.1 Å². The van der Waals surface area contributed by atoms with E-state index >= 15 is 0 Å². The number of ether oxygens (including phenoxy) is 3. The van der Waals surface area contributed by atoms with E-state index in [1.165, 1.54) is 37.8 Å². The Morgan fingerprint density at radius 1 is 1.04 bits per heavy atom. The standard InChI is InChI=1S/C18H19NO6S/c1-23-15-6-4-13(5-7-15)12-26(22)9-8-14-10-17(24-2)18(25-3)11-16(14)19(20)21/h4-11H,12H2,1-3H3. The zero-order valence-electron chi connectivity index (χ0n) is 14.6. The van der Waals surface area contributed by atoms with Gasteiger partial charge in [-0.25, -0.2) is 0 Å². The van der Waals surface area contributed by atoms with Gasteiger partial charge < -0.3 is 18.8 Å². The van der Waals surface area contributed by atoms with E-state index in [2.05, 4.69) is 0 Å².